The molecule has 2 rings (SSSR count). The number of hydrogen-bond acceptors (Lipinski definition) is 3. The first-order valence-electron chi connectivity index (χ1n) is 7.73. The van der Waals surface area contributed by atoms with E-state index in [1.54, 1.807) is 12.3 Å². The van der Waals surface area contributed by atoms with E-state index in [1.165, 1.54) is 0 Å². The Bertz CT molecular complexity index is 686. The van der Waals surface area contributed by atoms with Crippen LogP contribution in [0.5, 0.6) is 0 Å². The molecule has 2 N–H and O–H groups in total. The highest BCUT2D eigenvalue weighted by atomic mass is 79.9. The molecule has 0 bridgehead atoms. The van der Waals surface area contributed by atoms with Crippen molar-refractivity contribution in [3.8, 4) is 0 Å². The molecule has 0 aliphatic carbocycles. The second-order valence-electron chi connectivity index (χ2n) is 5.95. The average Bonchev–Trinajstić information content (AvgIpc) is 2.50. The molecule has 5 heteroatoms. The molecule has 1 aromatic heterocycles. The van der Waals surface area contributed by atoms with Crippen molar-refractivity contribution in [3.05, 3.63) is 52.3 Å². The van der Waals surface area contributed by atoms with E-state index in [-0.39, 0.29) is 5.91 Å². The number of carbonyl (C=O) groups is 1. The topological polar surface area (TPSA) is 54.0 Å². The Kier molecular flexibility index (Phi) is 6.16. The maximum Gasteiger partial charge on any atom is 0.274 e. The summed E-state index contributed by atoms with van der Waals surface area (Å²) in [4.78, 5) is 16.5. The van der Waals surface area contributed by atoms with Crippen molar-refractivity contribution in [2.75, 3.05) is 17.2 Å². The Morgan fingerprint density at radius 2 is 2.04 bits per heavy atom. The van der Waals surface area contributed by atoms with Gasteiger partial charge in [0.2, 0.25) is 0 Å². The summed E-state index contributed by atoms with van der Waals surface area (Å²) in [7, 11) is 0. The normalized spacial score (nSPS) is 10.7. The fourth-order valence-electron chi connectivity index (χ4n) is 2.12. The van der Waals surface area contributed by atoms with Crippen LogP contribution in [0.25, 0.3) is 0 Å². The van der Waals surface area contributed by atoms with Gasteiger partial charge >= 0.3 is 0 Å². The molecular formula is C18H22BrN3O. The van der Waals surface area contributed by atoms with Crippen molar-refractivity contribution in [1.29, 1.82) is 0 Å². The van der Waals surface area contributed by atoms with Crippen LogP contribution in [0.2, 0.25) is 0 Å². The van der Waals surface area contributed by atoms with Crippen molar-refractivity contribution in [2.45, 2.75) is 27.2 Å². The fraction of sp³-hybridized carbons (Fsp3) is 0.333. The maximum absolute atomic E-state index is 12.4. The lowest BCUT2D eigenvalue weighted by molar-refractivity contribution is 0.102. The van der Waals surface area contributed by atoms with E-state index in [2.05, 4.69) is 45.4 Å². The third-order valence-corrected chi connectivity index (χ3v) is 3.97. The highest BCUT2D eigenvalue weighted by Crippen LogP contribution is 2.20. The van der Waals surface area contributed by atoms with Crippen LogP contribution in [0.4, 0.5) is 11.4 Å². The van der Waals surface area contributed by atoms with Gasteiger partial charge in [0, 0.05) is 28.6 Å². The summed E-state index contributed by atoms with van der Waals surface area (Å²) in [5.41, 5.74) is 3.11. The van der Waals surface area contributed by atoms with Gasteiger partial charge < -0.3 is 10.6 Å². The van der Waals surface area contributed by atoms with E-state index in [0.29, 0.717) is 11.6 Å². The van der Waals surface area contributed by atoms with E-state index in [9.17, 15) is 4.79 Å². The molecular weight excluding hydrogens is 354 g/mol. The summed E-state index contributed by atoms with van der Waals surface area (Å²) in [6, 6.07) is 9.40. The van der Waals surface area contributed by atoms with E-state index < -0.39 is 0 Å². The van der Waals surface area contributed by atoms with Crippen LogP contribution < -0.4 is 10.6 Å². The third-order valence-electron chi connectivity index (χ3n) is 3.48. The first-order chi connectivity index (χ1) is 11.0. The van der Waals surface area contributed by atoms with Crippen LogP contribution in [0, 0.1) is 12.8 Å². The van der Waals surface area contributed by atoms with Gasteiger partial charge in [-0.3, -0.25) is 9.78 Å². The molecule has 1 aromatic carbocycles. The SMILES string of the molecule is Cc1cc(Br)ccc1NC(=O)c1cc(NCCC(C)C)ccn1. The molecule has 0 radical (unpaired) electrons. The summed E-state index contributed by atoms with van der Waals surface area (Å²) < 4.78 is 0.988. The van der Waals surface area contributed by atoms with Gasteiger partial charge in [0.1, 0.15) is 5.69 Å². The van der Waals surface area contributed by atoms with Gasteiger partial charge in [-0.25, -0.2) is 0 Å². The molecule has 1 heterocycles. The standard InChI is InChI=1S/C18H22BrN3O/c1-12(2)6-8-20-15-7-9-21-17(11-15)18(23)22-16-5-4-14(19)10-13(16)3/h4-5,7,9-12H,6,8H2,1-3H3,(H,20,21)(H,22,23). The third kappa shape index (κ3) is 5.36. The molecule has 0 aliphatic heterocycles. The van der Waals surface area contributed by atoms with Crippen LogP contribution in [0.3, 0.4) is 0 Å². The van der Waals surface area contributed by atoms with Gasteiger partial charge in [-0.1, -0.05) is 29.8 Å². The quantitative estimate of drug-likeness (QED) is 0.757. The Hall–Kier alpha value is -1.88. The number of pyridine rings is 1. The predicted molar refractivity (Wildman–Crippen MR) is 99.0 cm³/mol. The number of carbonyl (C=O) groups excluding carboxylic acids is 1. The van der Waals surface area contributed by atoms with Crippen LogP contribution in [-0.4, -0.2) is 17.4 Å². The van der Waals surface area contributed by atoms with Crippen molar-refractivity contribution < 1.29 is 4.79 Å². The number of nitrogens with zero attached hydrogens (tertiary/aromatic N) is 1. The van der Waals surface area contributed by atoms with Gasteiger partial charge in [-0.2, -0.15) is 0 Å². The van der Waals surface area contributed by atoms with Crippen LogP contribution >= 0.6 is 15.9 Å². The second-order valence-corrected chi connectivity index (χ2v) is 6.87. The maximum atomic E-state index is 12.4. The number of benzene rings is 1. The van der Waals surface area contributed by atoms with Crippen molar-refractivity contribution in [3.63, 3.8) is 0 Å². The first kappa shape index (κ1) is 17.5. The van der Waals surface area contributed by atoms with E-state index >= 15 is 0 Å². The molecule has 0 fully saturated rings. The number of aromatic nitrogens is 1. The molecule has 4 nitrogen and oxygen atoms in total. The largest absolute Gasteiger partial charge is 0.385 e. The number of hydrogen-bond donors (Lipinski definition) is 2. The Morgan fingerprint density at radius 3 is 2.74 bits per heavy atom. The molecule has 0 atom stereocenters. The Morgan fingerprint density at radius 1 is 1.26 bits per heavy atom. The number of nitrogens with one attached hydrogen (secondary N) is 2. The van der Waals surface area contributed by atoms with Crippen molar-refractivity contribution in [2.24, 2.45) is 5.92 Å². The minimum atomic E-state index is -0.206. The highest BCUT2D eigenvalue weighted by molar-refractivity contribution is 9.10. The zero-order chi connectivity index (χ0) is 16.8. The van der Waals surface area contributed by atoms with Gasteiger partial charge in [0.25, 0.3) is 5.91 Å². The number of aryl methyl sites for hydroxylation is 1. The van der Waals surface area contributed by atoms with Gasteiger partial charge in [0.15, 0.2) is 0 Å². The molecule has 2 aromatic rings. The molecule has 0 saturated heterocycles. The number of anilines is 2. The fourth-order valence-corrected chi connectivity index (χ4v) is 2.60. The summed E-state index contributed by atoms with van der Waals surface area (Å²) >= 11 is 3.42. The Labute approximate surface area is 145 Å². The van der Waals surface area contributed by atoms with Gasteiger partial charge in [-0.15, -0.1) is 0 Å². The molecule has 0 spiro atoms. The predicted octanol–water partition coefficient (Wildman–Crippen LogP) is 4.86. The zero-order valence-corrected chi connectivity index (χ0v) is 15.3. The molecule has 0 saturated carbocycles. The minimum Gasteiger partial charge on any atom is -0.385 e. The average molecular weight is 376 g/mol. The lowest BCUT2D eigenvalue weighted by Crippen LogP contribution is -2.15. The summed E-state index contributed by atoms with van der Waals surface area (Å²) in [6.45, 7) is 7.22. The van der Waals surface area contributed by atoms with Crippen LogP contribution in [-0.2, 0) is 0 Å². The highest BCUT2D eigenvalue weighted by Gasteiger charge is 2.10. The van der Waals surface area contributed by atoms with E-state index in [1.807, 2.05) is 31.2 Å². The Balaban J connectivity index is 2.04. The van der Waals surface area contributed by atoms with Crippen molar-refractivity contribution in [1.82, 2.24) is 4.98 Å². The van der Waals surface area contributed by atoms with E-state index in [0.717, 1.165) is 34.4 Å². The van der Waals surface area contributed by atoms with Crippen LogP contribution in [0.1, 0.15) is 36.3 Å². The summed E-state index contributed by atoms with van der Waals surface area (Å²) in [6.07, 6.45) is 2.74. The monoisotopic (exact) mass is 375 g/mol. The molecule has 0 aliphatic rings. The number of rotatable bonds is 6. The number of halogens is 1. The van der Waals surface area contributed by atoms with Gasteiger partial charge in [-0.05, 0) is 55.2 Å². The molecule has 122 valence electrons. The van der Waals surface area contributed by atoms with Gasteiger partial charge in [0.05, 0.1) is 0 Å². The zero-order valence-electron chi connectivity index (χ0n) is 13.7. The lowest BCUT2D eigenvalue weighted by atomic mass is 10.1. The van der Waals surface area contributed by atoms with E-state index in [4.69, 9.17) is 0 Å². The lowest BCUT2D eigenvalue weighted by Gasteiger charge is -2.11. The summed E-state index contributed by atoms with van der Waals surface area (Å²) in [5.74, 6) is 0.440. The molecule has 1 amide bonds. The molecule has 23 heavy (non-hydrogen) atoms. The van der Waals surface area contributed by atoms with Crippen molar-refractivity contribution >= 4 is 33.2 Å². The second kappa shape index (κ2) is 8.11. The summed E-state index contributed by atoms with van der Waals surface area (Å²) in [5, 5.41) is 6.23. The van der Waals surface area contributed by atoms with Crippen LogP contribution in [0.15, 0.2) is 41.0 Å². The number of amides is 1. The minimum absolute atomic E-state index is 0.206. The smallest absolute Gasteiger partial charge is 0.274 e. The first-order valence-corrected chi connectivity index (χ1v) is 8.52. The molecule has 0 unspecified atom stereocenters.